The summed E-state index contributed by atoms with van der Waals surface area (Å²) in [7, 11) is 0. The summed E-state index contributed by atoms with van der Waals surface area (Å²) in [6.07, 6.45) is 0.227. The van der Waals surface area contributed by atoms with Crippen LogP contribution in [0.1, 0.15) is 19.4 Å². The van der Waals surface area contributed by atoms with Gasteiger partial charge in [0.25, 0.3) is 0 Å². The van der Waals surface area contributed by atoms with Gasteiger partial charge in [-0.1, -0.05) is 11.6 Å². The predicted molar refractivity (Wildman–Crippen MR) is 81.2 cm³/mol. The molecule has 1 aliphatic rings. The summed E-state index contributed by atoms with van der Waals surface area (Å²) in [5, 5.41) is 12.3. The van der Waals surface area contributed by atoms with E-state index in [4.69, 9.17) is 21.6 Å². The molecule has 1 aromatic rings. The predicted octanol–water partition coefficient (Wildman–Crippen LogP) is 2.26. The van der Waals surface area contributed by atoms with Crippen LogP contribution >= 0.6 is 11.6 Å². The van der Waals surface area contributed by atoms with E-state index >= 15 is 0 Å². The Labute approximate surface area is 129 Å². The van der Waals surface area contributed by atoms with Crippen molar-refractivity contribution in [3.63, 3.8) is 0 Å². The summed E-state index contributed by atoms with van der Waals surface area (Å²) in [4.78, 5) is 14.2. The van der Waals surface area contributed by atoms with Crippen LogP contribution in [-0.4, -0.2) is 42.6 Å². The maximum Gasteiger partial charge on any atom is 0.238 e. The highest BCUT2D eigenvalue weighted by molar-refractivity contribution is 6.31. The third-order valence-electron chi connectivity index (χ3n) is 3.24. The molecule has 1 heterocycles. The number of ether oxygens (including phenoxy) is 1. The summed E-state index contributed by atoms with van der Waals surface area (Å²) >= 11 is 5.90. The van der Waals surface area contributed by atoms with E-state index in [2.05, 4.69) is 5.32 Å². The van der Waals surface area contributed by atoms with Gasteiger partial charge in [-0.3, -0.25) is 9.69 Å². The Hall–Kier alpha value is -1.61. The van der Waals surface area contributed by atoms with Crippen LogP contribution in [0.3, 0.4) is 0 Å². The van der Waals surface area contributed by atoms with E-state index in [9.17, 15) is 4.79 Å². The van der Waals surface area contributed by atoms with Crippen LogP contribution in [0, 0.1) is 11.3 Å². The lowest BCUT2D eigenvalue weighted by molar-refractivity contribution is -0.121. The van der Waals surface area contributed by atoms with Crippen LogP contribution in [0.25, 0.3) is 0 Å². The number of hydrogen-bond acceptors (Lipinski definition) is 4. The normalized spacial score (nSPS) is 22.6. The second kappa shape index (κ2) is 6.90. The van der Waals surface area contributed by atoms with Gasteiger partial charge in [0.05, 0.1) is 30.0 Å². The van der Waals surface area contributed by atoms with Crippen LogP contribution in [0.15, 0.2) is 18.2 Å². The molecule has 0 aromatic heterocycles. The Bertz CT molecular complexity index is 561. The van der Waals surface area contributed by atoms with Crippen molar-refractivity contribution in [2.24, 2.45) is 0 Å². The molecule has 112 valence electrons. The summed E-state index contributed by atoms with van der Waals surface area (Å²) in [6.45, 7) is 5.70. The fraction of sp³-hybridized carbons (Fsp3) is 0.467. The third-order valence-corrected chi connectivity index (χ3v) is 3.47. The third kappa shape index (κ3) is 4.43. The second-order valence-electron chi connectivity index (χ2n) is 5.30. The quantitative estimate of drug-likeness (QED) is 0.930. The zero-order valence-electron chi connectivity index (χ0n) is 12.1. The zero-order chi connectivity index (χ0) is 15.4. The SMILES string of the molecule is C[C@@H]1CN(CC(=O)Nc2cc(Cl)ccc2C#N)C[C@H](C)O1. The average Bonchev–Trinajstić information content (AvgIpc) is 2.37. The standard InChI is InChI=1S/C15H18ClN3O2/c1-10-7-19(8-11(2)21-10)9-15(20)18-14-5-13(16)4-3-12(14)6-17/h3-5,10-11H,7-9H2,1-2H3,(H,18,20)/t10-,11+. The number of hydrogen-bond donors (Lipinski definition) is 1. The first kappa shape index (κ1) is 15.8. The fourth-order valence-corrected chi connectivity index (χ4v) is 2.70. The second-order valence-corrected chi connectivity index (χ2v) is 5.74. The van der Waals surface area contributed by atoms with Crippen LogP contribution < -0.4 is 5.32 Å². The number of morpholine rings is 1. The average molecular weight is 308 g/mol. The van der Waals surface area contributed by atoms with E-state index in [1.807, 2.05) is 24.8 Å². The summed E-state index contributed by atoms with van der Waals surface area (Å²) < 4.78 is 5.63. The van der Waals surface area contributed by atoms with Crippen molar-refractivity contribution in [2.45, 2.75) is 26.1 Å². The molecule has 21 heavy (non-hydrogen) atoms. The van der Waals surface area contributed by atoms with E-state index in [1.165, 1.54) is 0 Å². The zero-order valence-corrected chi connectivity index (χ0v) is 12.9. The number of benzene rings is 1. The lowest BCUT2D eigenvalue weighted by Crippen LogP contribution is -2.48. The molecule has 0 bridgehead atoms. The lowest BCUT2D eigenvalue weighted by Gasteiger charge is -2.34. The Kier molecular flexibility index (Phi) is 5.18. The maximum atomic E-state index is 12.1. The van der Waals surface area contributed by atoms with E-state index in [0.717, 1.165) is 13.1 Å². The molecule has 1 aromatic carbocycles. The largest absolute Gasteiger partial charge is 0.373 e. The number of amides is 1. The highest BCUT2D eigenvalue weighted by atomic mass is 35.5. The number of carbonyl (C=O) groups is 1. The molecule has 5 nitrogen and oxygen atoms in total. The monoisotopic (exact) mass is 307 g/mol. The Balaban J connectivity index is 1.99. The first-order valence-corrected chi connectivity index (χ1v) is 7.23. The lowest BCUT2D eigenvalue weighted by atomic mass is 10.2. The van der Waals surface area contributed by atoms with Gasteiger partial charge < -0.3 is 10.1 Å². The van der Waals surface area contributed by atoms with E-state index in [0.29, 0.717) is 16.3 Å². The van der Waals surface area contributed by atoms with Gasteiger partial charge in [-0.05, 0) is 32.0 Å². The van der Waals surface area contributed by atoms with Crippen molar-refractivity contribution >= 4 is 23.2 Å². The van der Waals surface area contributed by atoms with Gasteiger partial charge in [-0.2, -0.15) is 5.26 Å². The topological polar surface area (TPSA) is 65.4 Å². The molecule has 0 unspecified atom stereocenters. The molecule has 0 spiro atoms. The van der Waals surface area contributed by atoms with Crippen molar-refractivity contribution in [2.75, 3.05) is 25.0 Å². The molecule has 2 atom stereocenters. The van der Waals surface area contributed by atoms with Gasteiger partial charge >= 0.3 is 0 Å². The van der Waals surface area contributed by atoms with Crippen molar-refractivity contribution in [1.82, 2.24) is 4.90 Å². The van der Waals surface area contributed by atoms with Crippen molar-refractivity contribution in [1.29, 1.82) is 5.26 Å². The van der Waals surface area contributed by atoms with Crippen molar-refractivity contribution < 1.29 is 9.53 Å². The molecule has 1 N–H and O–H groups in total. The van der Waals surface area contributed by atoms with Crippen LogP contribution in [-0.2, 0) is 9.53 Å². The molecular weight excluding hydrogens is 290 g/mol. The molecule has 0 aliphatic carbocycles. The van der Waals surface area contributed by atoms with E-state index in [-0.39, 0.29) is 24.7 Å². The van der Waals surface area contributed by atoms with Gasteiger partial charge in [0, 0.05) is 18.1 Å². The first-order chi connectivity index (χ1) is 9.97. The minimum Gasteiger partial charge on any atom is -0.373 e. The van der Waals surface area contributed by atoms with Crippen LogP contribution in [0.2, 0.25) is 5.02 Å². The van der Waals surface area contributed by atoms with Gasteiger partial charge in [0.2, 0.25) is 5.91 Å². The molecule has 0 saturated carbocycles. The van der Waals surface area contributed by atoms with Gasteiger partial charge in [-0.25, -0.2) is 0 Å². The molecule has 2 rings (SSSR count). The molecule has 0 radical (unpaired) electrons. The number of nitriles is 1. The number of anilines is 1. The number of carbonyl (C=O) groups excluding carboxylic acids is 1. The van der Waals surface area contributed by atoms with Crippen molar-refractivity contribution in [3.05, 3.63) is 28.8 Å². The Morgan fingerprint density at radius 3 is 2.76 bits per heavy atom. The Morgan fingerprint density at radius 1 is 1.48 bits per heavy atom. The smallest absolute Gasteiger partial charge is 0.238 e. The number of halogens is 1. The Morgan fingerprint density at radius 2 is 2.14 bits per heavy atom. The molecule has 1 fully saturated rings. The summed E-state index contributed by atoms with van der Waals surface area (Å²) in [5.41, 5.74) is 0.848. The van der Waals surface area contributed by atoms with Crippen molar-refractivity contribution in [3.8, 4) is 6.07 Å². The minimum absolute atomic E-state index is 0.113. The number of nitrogens with zero attached hydrogens (tertiary/aromatic N) is 2. The molecule has 1 saturated heterocycles. The first-order valence-electron chi connectivity index (χ1n) is 6.85. The van der Waals surface area contributed by atoms with Gasteiger partial charge in [0.1, 0.15) is 6.07 Å². The number of rotatable bonds is 3. The van der Waals surface area contributed by atoms with Gasteiger partial charge in [-0.15, -0.1) is 0 Å². The highest BCUT2D eigenvalue weighted by Gasteiger charge is 2.23. The molecule has 1 amide bonds. The molecule has 1 aliphatic heterocycles. The summed E-state index contributed by atoms with van der Waals surface area (Å²) in [6, 6.07) is 6.84. The van der Waals surface area contributed by atoms with Crippen LogP contribution in [0.5, 0.6) is 0 Å². The maximum absolute atomic E-state index is 12.1. The highest BCUT2D eigenvalue weighted by Crippen LogP contribution is 2.20. The van der Waals surface area contributed by atoms with Gasteiger partial charge in [0.15, 0.2) is 0 Å². The molecule has 6 heteroatoms. The van der Waals surface area contributed by atoms with E-state index < -0.39 is 0 Å². The minimum atomic E-state index is -0.157. The number of nitrogens with one attached hydrogen (secondary N) is 1. The summed E-state index contributed by atoms with van der Waals surface area (Å²) in [5.74, 6) is -0.157. The fourth-order valence-electron chi connectivity index (χ4n) is 2.52. The molecular formula is C15H18ClN3O2. The van der Waals surface area contributed by atoms with Crippen LogP contribution in [0.4, 0.5) is 5.69 Å². The van der Waals surface area contributed by atoms with E-state index in [1.54, 1.807) is 18.2 Å².